The number of alkyl halides is 3. The number of thiazole rings is 1. The van der Waals surface area contributed by atoms with Crippen molar-refractivity contribution in [3.05, 3.63) is 41.4 Å². The Morgan fingerprint density at radius 2 is 1.95 bits per heavy atom. The largest absolute Gasteiger partial charge is 0.573 e. The van der Waals surface area contributed by atoms with E-state index in [1.807, 2.05) is 0 Å². The second-order valence-electron chi connectivity index (χ2n) is 4.08. The highest BCUT2D eigenvalue weighted by Crippen LogP contribution is 2.29. The first-order valence-electron chi connectivity index (χ1n) is 5.84. The number of ketones is 1. The summed E-state index contributed by atoms with van der Waals surface area (Å²) in [7, 11) is 0. The number of hydrogen-bond donors (Lipinski definition) is 0. The highest BCUT2D eigenvalue weighted by molar-refractivity contribution is 7.15. The Hall–Kier alpha value is -2.15. The van der Waals surface area contributed by atoms with E-state index in [4.69, 9.17) is 0 Å². The van der Waals surface area contributed by atoms with Crippen molar-refractivity contribution in [1.82, 2.24) is 4.98 Å². The van der Waals surface area contributed by atoms with Crippen LogP contribution < -0.4 is 4.74 Å². The van der Waals surface area contributed by atoms with Crippen LogP contribution in [0.5, 0.6) is 5.75 Å². The molecule has 0 N–H and O–H groups in total. The molecule has 0 fully saturated rings. The first kappa shape index (κ1) is 15.2. The summed E-state index contributed by atoms with van der Waals surface area (Å²) in [5, 5.41) is 0.650. The van der Waals surface area contributed by atoms with Gasteiger partial charge in [-0.15, -0.1) is 24.5 Å². The number of carbonyl (C=O) groups is 1. The molecule has 0 aliphatic heterocycles. The molecule has 1 heterocycles. The highest BCUT2D eigenvalue weighted by Gasteiger charge is 2.30. The number of benzene rings is 1. The average Bonchev–Trinajstić information content (AvgIpc) is 2.84. The molecule has 0 saturated heterocycles. The fourth-order valence-electron chi connectivity index (χ4n) is 1.50. The first-order valence-corrected chi connectivity index (χ1v) is 6.66. The number of rotatable bonds is 4. The second-order valence-corrected chi connectivity index (χ2v) is 5.15. The summed E-state index contributed by atoms with van der Waals surface area (Å²) in [6.07, 6.45) is -0.0326. The SMILES string of the molecule is CC(=O)/C=C/c1cnc(-c2ccc(OC(F)(F)F)cc2)s1. The van der Waals surface area contributed by atoms with Gasteiger partial charge in [-0.3, -0.25) is 4.79 Å². The maximum absolute atomic E-state index is 12.1. The molecular weight excluding hydrogens is 303 g/mol. The lowest BCUT2D eigenvalue weighted by molar-refractivity contribution is -0.274. The molecule has 0 spiro atoms. The topological polar surface area (TPSA) is 39.2 Å². The number of hydrogen-bond acceptors (Lipinski definition) is 4. The van der Waals surface area contributed by atoms with Crippen LogP contribution in [0.15, 0.2) is 36.5 Å². The Morgan fingerprint density at radius 1 is 1.29 bits per heavy atom. The lowest BCUT2D eigenvalue weighted by Crippen LogP contribution is -2.16. The maximum atomic E-state index is 12.1. The van der Waals surface area contributed by atoms with Gasteiger partial charge in [-0.25, -0.2) is 4.98 Å². The van der Waals surface area contributed by atoms with Gasteiger partial charge in [0.2, 0.25) is 0 Å². The van der Waals surface area contributed by atoms with Gasteiger partial charge in [0.05, 0.1) is 0 Å². The summed E-state index contributed by atoms with van der Waals surface area (Å²) in [6, 6.07) is 5.46. The Kier molecular flexibility index (Phi) is 4.42. The van der Waals surface area contributed by atoms with Crippen LogP contribution in [0, 0.1) is 0 Å². The van der Waals surface area contributed by atoms with Crippen molar-refractivity contribution >= 4 is 23.2 Å². The molecule has 3 nitrogen and oxygen atoms in total. The molecule has 110 valence electrons. The molecular formula is C14H10F3NO2S. The van der Waals surface area contributed by atoms with Gasteiger partial charge in [0.15, 0.2) is 5.78 Å². The lowest BCUT2D eigenvalue weighted by Gasteiger charge is -2.08. The third-order valence-electron chi connectivity index (χ3n) is 2.34. The Labute approximate surface area is 122 Å². The predicted octanol–water partition coefficient (Wildman–Crippen LogP) is 4.31. The fourth-order valence-corrected chi connectivity index (χ4v) is 2.32. The van der Waals surface area contributed by atoms with E-state index in [2.05, 4.69) is 9.72 Å². The van der Waals surface area contributed by atoms with Crippen molar-refractivity contribution in [3.8, 4) is 16.3 Å². The van der Waals surface area contributed by atoms with Crippen molar-refractivity contribution in [2.75, 3.05) is 0 Å². The van der Waals surface area contributed by atoms with Gasteiger partial charge in [0, 0.05) is 16.6 Å². The molecule has 2 aromatic rings. The molecule has 0 aliphatic rings. The van der Waals surface area contributed by atoms with Gasteiger partial charge >= 0.3 is 6.36 Å². The van der Waals surface area contributed by atoms with Gasteiger partial charge < -0.3 is 4.74 Å². The van der Waals surface area contributed by atoms with E-state index in [1.54, 1.807) is 12.3 Å². The van der Waals surface area contributed by atoms with Crippen molar-refractivity contribution in [3.63, 3.8) is 0 Å². The second kappa shape index (κ2) is 6.09. The number of carbonyl (C=O) groups excluding carboxylic acids is 1. The summed E-state index contributed by atoms with van der Waals surface area (Å²) < 4.78 is 39.9. The van der Waals surface area contributed by atoms with Crippen molar-refractivity contribution in [1.29, 1.82) is 0 Å². The lowest BCUT2D eigenvalue weighted by atomic mass is 10.2. The Balaban J connectivity index is 2.14. The molecule has 0 saturated carbocycles. The Bertz CT molecular complexity index is 660. The normalized spacial score (nSPS) is 11.8. The molecule has 0 amide bonds. The zero-order valence-corrected chi connectivity index (χ0v) is 11.7. The molecule has 0 unspecified atom stereocenters. The summed E-state index contributed by atoms with van der Waals surface area (Å²) in [4.78, 5) is 15.8. The van der Waals surface area contributed by atoms with Gasteiger partial charge in [-0.2, -0.15) is 0 Å². The monoisotopic (exact) mass is 313 g/mol. The Morgan fingerprint density at radius 3 is 2.52 bits per heavy atom. The van der Waals surface area contributed by atoms with Gasteiger partial charge in [-0.05, 0) is 43.3 Å². The third-order valence-corrected chi connectivity index (χ3v) is 3.35. The smallest absolute Gasteiger partial charge is 0.406 e. The van der Waals surface area contributed by atoms with E-state index in [0.717, 1.165) is 4.88 Å². The molecule has 2 rings (SSSR count). The molecule has 1 aromatic carbocycles. The molecule has 7 heteroatoms. The number of aromatic nitrogens is 1. The fraction of sp³-hybridized carbons (Fsp3) is 0.143. The van der Waals surface area contributed by atoms with Crippen LogP contribution in [0.25, 0.3) is 16.6 Å². The molecule has 0 bridgehead atoms. The molecule has 0 aliphatic carbocycles. The summed E-state index contributed by atoms with van der Waals surface area (Å²) in [5.74, 6) is -0.349. The van der Waals surface area contributed by atoms with Gasteiger partial charge in [0.1, 0.15) is 10.8 Å². The van der Waals surface area contributed by atoms with Crippen molar-refractivity contribution in [2.24, 2.45) is 0 Å². The van der Waals surface area contributed by atoms with Gasteiger partial charge in [0.25, 0.3) is 0 Å². The predicted molar refractivity (Wildman–Crippen MR) is 73.9 cm³/mol. The minimum absolute atomic E-state index is 0.0707. The van der Waals surface area contributed by atoms with Crippen LogP contribution in [-0.2, 0) is 4.79 Å². The first-order chi connectivity index (χ1) is 9.83. The summed E-state index contributed by atoms with van der Waals surface area (Å²) in [5.41, 5.74) is 0.678. The van der Waals surface area contributed by atoms with Crippen LogP contribution in [0.1, 0.15) is 11.8 Å². The van der Waals surface area contributed by atoms with E-state index in [9.17, 15) is 18.0 Å². The quantitative estimate of drug-likeness (QED) is 0.790. The highest BCUT2D eigenvalue weighted by atomic mass is 32.1. The van der Waals surface area contributed by atoms with Crippen LogP contribution in [0.4, 0.5) is 13.2 Å². The number of ether oxygens (including phenoxy) is 1. The van der Waals surface area contributed by atoms with Crippen LogP contribution in [-0.4, -0.2) is 17.1 Å². The molecule has 1 aromatic heterocycles. The average molecular weight is 313 g/mol. The van der Waals surface area contributed by atoms with E-state index < -0.39 is 6.36 Å². The van der Waals surface area contributed by atoms with Crippen molar-refractivity contribution in [2.45, 2.75) is 13.3 Å². The van der Waals surface area contributed by atoms with E-state index >= 15 is 0 Å². The summed E-state index contributed by atoms with van der Waals surface area (Å²) >= 11 is 1.33. The van der Waals surface area contributed by atoms with Crippen molar-refractivity contribution < 1.29 is 22.7 Å². The van der Waals surface area contributed by atoms with Crippen LogP contribution in [0.2, 0.25) is 0 Å². The van der Waals surface area contributed by atoms with Crippen LogP contribution >= 0.6 is 11.3 Å². The van der Waals surface area contributed by atoms with E-state index in [-0.39, 0.29) is 11.5 Å². The molecule has 0 atom stereocenters. The van der Waals surface area contributed by atoms with E-state index in [0.29, 0.717) is 10.6 Å². The maximum Gasteiger partial charge on any atom is 0.573 e. The minimum atomic E-state index is -4.70. The van der Waals surface area contributed by atoms with Gasteiger partial charge in [-0.1, -0.05) is 0 Å². The zero-order valence-electron chi connectivity index (χ0n) is 10.8. The van der Waals surface area contributed by atoms with Crippen LogP contribution in [0.3, 0.4) is 0 Å². The molecule has 0 radical (unpaired) electrons. The number of allylic oxidation sites excluding steroid dienone is 1. The van der Waals surface area contributed by atoms with E-state index in [1.165, 1.54) is 48.6 Å². The third kappa shape index (κ3) is 4.71. The minimum Gasteiger partial charge on any atom is -0.406 e. The number of halogens is 3. The standard InChI is InChI=1S/C14H10F3NO2S/c1-9(19)2-7-12-8-18-13(21-12)10-3-5-11(6-4-10)20-14(15,16)17/h2-8H,1H3/b7-2+. The number of nitrogens with zero attached hydrogens (tertiary/aromatic N) is 1. The zero-order chi connectivity index (χ0) is 15.5. The summed E-state index contributed by atoms with van der Waals surface area (Å²) in [6.45, 7) is 1.44. The molecule has 21 heavy (non-hydrogen) atoms.